The smallest absolute Gasteiger partial charge is 0.335 e. The number of fused-ring (bicyclic) bond motifs is 3. The fraction of sp³-hybridized carbons (Fsp3) is 0.412. The Labute approximate surface area is 146 Å². The number of nitrogens with one attached hydrogen (secondary N) is 1. The molecule has 2 aliphatic rings. The van der Waals surface area contributed by atoms with Gasteiger partial charge >= 0.3 is 6.18 Å². The molecule has 2 aliphatic heterocycles. The average molecular weight is 365 g/mol. The Morgan fingerprint density at radius 1 is 1.44 bits per heavy atom. The maximum absolute atomic E-state index is 12.5. The lowest BCUT2D eigenvalue weighted by molar-refractivity contribution is -0.0696. The molecule has 4 heterocycles. The van der Waals surface area contributed by atoms with Crippen molar-refractivity contribution in [3.63, 3.8) is 0 Å². The van der Waals surface area contributed by atoms with Gasteiger partial charge in [-0.25, -0.2) is 4.98 Å². The summed E-state index contributed by atoms with van der Waals surface area (Å²) >= 11 is 1.26. The van der Waals surface area contributed by atoms with Crippen LogP contribution in [0.2, 0.25) is 0 Å². The second kappa shape index (κ2) is 6.00. The maximum Gasteiger partial charge on any atom is 0.458 e. The largest absolute Gasteiger partial charge is 0.458 e. The fourth-order valence-electron chi connectivity index (χ4n) is 3.47. The number of thiophene rings is 1. The monoisotopic (exact) mass is 365 g/mol. The number of nitrogens with zero attached hydrogens (tertiary/aromatic N) is 2. The highest BCUT2D eigenvalue weighted by molar-refractivity contribution is 7.17. The van der Waals surface area contributed by atoms with Crippen LogP contribution in [-0.2, 0) is 0 Å². The highest BCUT2D eigenvalue weighted by Crippen LogP contribution is 2.31. The molecule has 0 spiro atoms. The van der Waals surface area contributed by atoms with E-state index in [4.69, 9.17) is 0 Å². The van der Waals surface area contributed by atoms with Gasteiger partial charge in [-0.05, 0) is 24.8 Å². The zero-order valence-corrected chi connectivity index (χ0v) is 13.9. The Hall–Kier alpha value is -2.11. The lowest BCUT2D eigenvalue weighted by Gasteiger charge is -2.25. The van der Waals surface area contributed by atoms with Crippen molar-refractivity contribution in [1.29, 1.82) is 0 Å². The molecular formula is C17H14F3N3OS. The number of pyridine rings is 1. The topological polar surface area (TPSA) is 45.2 Å². The molecule has 0 aromatic carbocycles. The second-order valence-electron chi connectivity index (χ2n) is 6.34. The minimum Gasteiger partial charge on any atom is -0.335 e. The summed E-state index contributed by atoms with van der Waals surface area (Å²) in [6, 6.07) is 1.52. The zero-order valence-electron chi connectivity index (χ0n) is 13.1. The number of carbonyl (C=O) groups is 1. The number of alkyl halides is 3. The highest BCUT2D eigenvalue weighted by Gasteiger charge is 2.38. The van der Waals surface area contributed by atoms with Crippen LogP contribution in [0.1, 0.15) is 28.9 Å². The molecule has 130 valence electrons. The van der Waals surface area contributed by atoms with Crippen molar-refractivity contribution in [2.75, 3.05) is 13.1 Å². The minimum atomic E-state index is -4.54. The maximum atomic E-state index is 12.5. The van der Waals surface area contributed by atoms with Gasteiger partial charge in [0.1, 0.15) is 5.69 Å². The van der Waals surface area contributed by atoms with E-state index in [9.17, 15) is 18.0 Å². The van der Waals surface area contributed by atoms with E-state index >= 15 is 0 Å². The van der Waals surface area contributed by atoms with Crippen LogP contribution in [0.4, 0.5) is 13.2 Å². The fourth-order valence-corrected chi connectivity index (χ4v) is 4.31. The summed E-state index contributed by atoms with van der Waals surface area (Å²) < 4.78 is 37.6. The number of carbonyl (C=O) groups excluding carboxylic acids is 1. The highest BCUT2D eigenvalue weighted by atomic mass is 32.1. The van der Waals surface area contributed by atoms with Crippen molar-refractivity contribution in [3.8, 4) is 11.8 Å². The van der Waals surface area contributed by atoms with E-state index in [1.54, 1.807) is 5.38 Å². The molecule has 1 amide bonds. The molecule has 4 rings (SSSR count). The van der Waals surface area contributed by atoms with E-state index in [-0.39, 0.29) is 23.3 Å². The van der Waals surface area contributed by atoms with Crippen molar-refractivity contribution in [2.45, 2.75) is 25.2 Å². The molecule has 25 heavy (non-hydrogen) atoms. The molecule has 2 aromatic rings. The normalized spacial score (nSPS) is 25.0. The molecule has 2 aromatic heterocycles. The van der Waals surface area contributed by atoms with Gasteiger partial charge < -0.3 is 5.32 Å². The Morgan fingerprint density at radius 3 is 2.96 bits per heavy atom. The van der Waals surface area contributed by atoms with Crippen LogP contribution in [-0.4, -0.2) is 41.2 Å². The average Bonchev–Trinajstić information content (AvgIpc) is 3.26. The lowest BCUT2D eigenvalue weighted by Crippen LogP contribution is -2.45. The van der Waals surface area contributed by atoms with Crippen LogP contribution >= 0.6 is 11.3 Å². The standard InChI is InChI=1S/C17H14F3N3OS/c18-17(19,20)3-1-11-9-25-14-7-21-13(6-12(11)14)16(24)22-15-5-10-2-4-23(15)8-10/h6-7,9-10,15H,2,4-5,8H2,(H,22,24). The molecule has 8 heteroatoms. The van der Waals surface area contributed by atoms with E-state index in [1.165, 1.54) is 35.9 Å². The van der Waals surface area contributed by atoms with Crippen molar-refractivity contribution in [2.24, 2.45) is 5.92 Å². The third-order valence-electron chi connectivity index (χ3n) is 4.65. The van der Waals surface area contributed by atoms with Gasteiger partial charge in [0.2, 0.25) is 0 Å². The molecular weight excluding hydrogens is 351 g/mol. The molecule has 0 aliphatic carbocycles. The molecule has 2 saturated heterocycles. The van der Waals surface area contributed by atoms with E-state index in [0.29, 0.717) is 16.0 Å². The van der Waals surface area contributed by atoms with Crippen LogP contribution in [0.15, 0.2) is 17.6 Å². The number of halogens is 3. The van der Waals surface area contributed by atoms with Crippen LogP contribution in [0, 0.1) is 17.8 Å². The minimum absolute atomic E-state index is 0.0238. The van der Waals surface area contributed by atoms with Gasteiger partial charge in [-0.3, -0.25) is 9.69 Å². The number of hydrogen-bond donors (Lipinski definition) is 1. The number of amides is 1. The van der Waals surface area contributed by atoms with Gasteiger partial charge in [0.15, 0.2) is 0 Å². The van der Waals surface area contributed by atoms with Gasteiger partial charge in [0.05, 0.1) is 10.9 Å². The van der Waals surface area contributed by atoms with Gasteiger partial charge in [-0.2, -0.15) is 13.2 Å². The van der Waals surface area contributed by atoms with E-state index in [0.717, 1.165) is 19.5 Å². The summed E-state index contributed by atoms with van der Waals surface area (Å²) in [5, 5.41) is 5.04. The molecule has 2 fully saturated rings. The molecule has 4 nitrogen and oxygen atoms in total. The predicted molar refractivity (Wildman–Crippen MR) is 88.1 cm³/mol. The molecule has 1 N–H and O–H groups in total. The lowest BCUT2D eigenvalue weighted by atomic mass is 10.0. The van der Waals surface area contributed by atoms with Crippen LogP contribution in [0.5, 0.6) is 0 Å². The predicted octanol–water partition coefficient (Wildman–Crippen LogP) is 2.99. The molecule has 2 bridgehead atoms. The Morgan fingerprint density at radius 2 is 2.28 bits per heavy atom. The zero-order chi connectivity index (χ0) is 17.6. The van der Waals surface area contributed by atoms with Crippen molar-refractivity contribution >= 4 is 27.3 Å². The van der Waals surface area contributed by atoms with E-state index in [2.05, 4.69) is 21.1 Å². The Kier molecular flexibility index (Phi) is 3.93. The number of hydrogen-bond acceptors (Lipinski definition) is 4. The van der Waals surface area contributed by atoms with Gasteiger partial charge in [-0.1, -0.05) is 5.92 Å². The summed E-state index contributed by atoms with van der Waals surface area (Å²) in [5.74, 6) is 3.74. The molecule has 0 saturated carbocycles. The summed E-state index contributed by atoms with van der Waals surface area (Å²) in [6.07, 6.45) is -0.899. The summed E-state index contributed by atoms with van der Waals surface area (Å²) in [5.41, 5.74) is 0.461. The second-order valence-corrected chi connectivity index (χ2v) is 7.25. The van der Waals surface area contributed by atoms with Crippen LogP contribution in [0.3, 0.4) is 0 Å². The quantitative estimate of drug-likeness (QED) is 0.833. The first kappa shape index (κ1) is 16.4. The summed E-state index contributed by atoms with van der Waals surface area (Å²) in [6.45, 7) is 2.00. The van der Waals surface area contributed by atoms with Gasteiger partial charge in [-0.15, -0.1) is 11.3 Å². The molecule has 0 radical (unpaired) electrons. The summed E-state index contributed by atoms with van der Waals surface area (Å²) in [4.78, 5) is 18.8. The third kappa shape index (κ3) is 3.34. The first-order chi connectivity index (χ1) is 11.9. The summed E-state index contributed by atoms with van der Waals surface area (Å²) in [7, 11) is 0. The van der Waals surface area contributed by atoms with Gasteiger partial charge in [0.25, 0.3) is 5.91 Å². The van der Waals surface area contributed by atoms with Crippen molar-refractivity contribution in [1.82, 2.24) is 15.2 Å². The van der Waals surface area contributed by atoms with Crippen molar-refractivity contribution in [3.05, 3.63) is 28.9 Å². The van der Waals surface area contributed by atoms with Crippen molar-refractivity contribution < 1.29 is 18.0 Å². The van der Waals surface area contributed by atoms with E-state index < -0.39 is 6.18 Å². The molecule has 3 unspecified atom stereocenters. The van der Waals surface area contributed by atoms with E-state index in [1.807, 2.05) is 0 Å². The first-order valence-electron chi connectivity index (χ1n) is 7.91. The van der Waals surface area contributed by atoms with Gasteiger partial charge in [0, 0.05) is 41.5 Å². The molecule has 3 atom stereocenters. The Balaban J connectivity index is 1.57. The first-order valence-corrected chi connectivity index (χ1v) is 8.79. The Bertz CT molecular complexity index is 896. The number of piperidine rings is 1. The third-order valence-corrected chi connectivity index (χ3v) is 5.58. The van der Waals surface area contributed by atoms with Crippen LogP contribution < -0.4 is 5.32 Å². The number of aromatic nitrogens is 1. The number of rotatable bonds is 2. The SMILES string of the molecule is O=C(NC1CC2CCN1C2)c1cc2c(C#CC(F)(F)F)csc2cn1. The van der Waals surface area contributed by atoms with Crippen LogP contribution in [0.25, 0.3) is 10.1 Å².